The summed E-state index contributed by atoms with van der Waals surface area (Å²) in [5.74, 6) is 0.292. The Kier molecular flexibility index (Phi) is 5.33. The minimum atomic E-state index is -3.34. The second-order valence-corrected chi connectivity index (χ2v) is 7.00. The van der Waals surface area contributed by atoms with Crippen LogP contribution < -0.4 is 0 Å². The van der Waals surface area contributed by atoms with Crippen LogP contribution in [0.4, 0.5) is 0 Å². The SMILES string of the molecule is CN1CCCC1=O.O=S(=O)(c1ccccc1)c1ccccc1. The monoisotopic (exact) mass is 317 g/mol. The largest absolute Gasteiger partial charge is 0.346 e. The molecule has 3 rings (SSSR count). The maximum absolute atomic E-state index is 12.0. The van der Waals surface area contributed by atoms with Crippen molar-refractivity contribution < 1.29 is 13.2 Å². The zero-order valence-electron chi connectivity index (χ0n) is 12.5. The fourth-order valence-electron chi connectivity index (χ4n) is 2.12. The highest BCUT2D eigenvalue weighted by Gasteiger charge is 2.15. The van der Waals surface area contributed by atoms with Crippen LogP contribution in [0, 0.1) is 0 Å². The average Bonchev–Trinajstić information content (AvgIpc) is 2.93. The van der Waals surface area contributed by atoms with Crippen LogP contribution in [0.15, 0.2) is 70.5 Å². The first-order valence-corrected chi connectivity index (χ1v) is 8.59. The van der Waals surface area contributed by atoms with E-state index in [-0.39, 0.29) is 0 Å². The van der Waals surface area contributed by atoms with Gasteiger partial charge in [0.1, 0.15) is 0 Å². The number of hydrogen-bond donors (Lipinski definition) is 0. The van der Waals surface area contributed by atoms with Gasteiger partial charge in [0, 0.05) is 20.0 Å². The van der Waals surface area contributed by atoms with E-state index >= 15 is 0 Å². The summed E-state index contributed by atoms with van der Waals surface area (Å²) in [6.45, 7) is 0.957. The van der Waals surface area contributed by atoms with Crippen molar-refractivity contribution in [3.05, 3.63) is 60.7 Å². The topological polar surface area (TPSA) is 54.5 Å². The van der Waals surface area contributed by atoms with E-state index in [0.29, 0.717) is 15.7 Å². The lowest BCUT2D eigenvalue weighted by Gasteiger charge is -2.03. The Balaban J connectivity index is 0.000000211. The van der Waals surface area contributed by atoms with E-state index in [0.717, 1.165) is 19.4 Å². The van der Waals surface area contributed by atoms with Crippen molar-refractivity contribution in [2.24, 2.45) is 0 Å². The minimum absolute atomic E-state index is 0.292. The summed E-state index contributed by atoms with van der Waals surface area (Å²) in [6.07, 6.45) is 1.81. The van der Waals surface area contributed by atoms with E-state index in [4.69, 9.17) is 0 Å². The molecule has 1 saturated heterocycles. The first-order chi connectivity index (χ1) is 10.5. The predicted octanol–water partition coefficient (Wildman–Crippen LogP) is 2.76. The van der Waals surface area contributed by atoms with E-state index in [2.05, 4.69) is 0 Å². The number of rotatable bonds is 2. The molecule has 1 heterocycles. The quantitative estimate of drug-likeness (QED) is 0.856. The lowest BCUT2D eigenvalue weighted by atomic mass is 10.4. The third kappa shape index (κ3) is 3.95. The van der Waals surface area contributed by atoms with Gasteiger partial charge in [-0.1, -0.05) is 36.4 Å². The lowest BCUT2D eigenvalue weighted by Crippen LogP contribution is -2.17. The Morgan fingerprint density at radius 1 is 0.864 bits per heavy atom. The molecule has 0 radical (unpaired) electrons. The summed E-state index contributed by atoms with van der Waals surface area (Å²) < 4.78 is 24.1. The van der Waals surface area contributed by atoms with Crippen LogP contribution in [0.5, 0.6) is 0 Å². The van der Waals surface area contributed by atoms with Gasteiger partial charge in [-0.25, -0.2) is 8.42 Å². The predicted molar refractivity (Wildman–Crippen MR) is 85.2 cm³/mol. The van der Waals surface area contributed by atoms with Crippen LogP contribution in [0.3, 0.4) is 0 Å². The molecule has 0 saturated carbocycles. The van der Waals surface area contributed by atoms with E-state index in [1.54, 1.807) is 65.6 Å². The number of hydrogen-bond acceptors (Lipinski definition) is 3. The van der Waals surface area contributed by atoms with Gasteiger partial charge in [0.05, 0.1) is 9.79 Å². The molecule has 1 aliphatic heterocycles. The van der Waals surface area contributed by atoms with Crippen molar-refractivity contribution in [3.8, 4) is 0 Å². The molecule has 0 aliphatic carbocycles. The summed E-state index contributed by atoms with van der Waals surface area (Å²) >= 11 is 0. The summed E-state index contributed by atoms with van der Waals surface area (Å²) in [4.78, 5) is 12.9. The second-order valence-electron chi connectivity index (χ2n) is 5.05. The number of amides is 1. The van der Waals surface area contributed by atoms with Crippen molar-refractivity contribution in [2.75, 3.05) is 13.6 Å². The molecule has 22 heavy (non-hydrogen) atoms. The summed E-state index contributed by atoms with van der Waals surface area (Å²) in [6, 6.07) is 16.9. The van der Waals surface area contributed by atoms with Crippen LogP contribution in [0.2, 0.25) is 0 Å². The van der Waals surface area contributed by atoms with Crippen LogP contribution >= 0.6 is 0 Å². The normalized spacial score (nSPS) is 14.4. The third-order valence-electron chi connectivity index (χ3n) is 3.42. The van der Waals surface area contributed by atoms with Crippen molar-refractivity contribution in [1.82, 2.24) is 4.90 Å². The summed E-state index contributed by atoms with van der Waals surface area (Å²) in [7, 11) is -1.50. The highest BCUT2D eigenvalue weighted by molar-refractivity contribution is 7.91. The van der Waals surface area contributed by atoms with Gasteiger partial charge in [0.15, 0.2) is 0 Å². The maximum atomic E-state index is 12.0. The molecule has 0 unspecified atom stereocenters. The highest BCUT2D eigenvalue weighted by Crippen LogP contribution is 2.19. The maximum Gasteiger partial charge on any atom is 0.222 e. The summed E-state index contributed by atoms with van der Waals surface area (Å²) in [5, 5.41) is 0. The number of nitrogens with zero attached hydrogens (tertiary/aromatic N) is 1. The van der Waals surface area contributed by atoms with Gasteiger partial charge in [-0.15, -0.1) is 0 Å². The number of carbonyl (C=O) groups excluding carboxylic acids is 1. The van der Waals surface area contributed by atoms with Crippen molar-refractivity contribution in [3.63, 3.8) is 0 Å². The molecule has 1 aliphatic rings. The Bertz CT molecular complexity index is 667. The second kappa shape index (κ2) is 7.22. The fourth-order valence-corrected chi connectivity index (χ4v) is 3.42. The van der Waals surface area contributed by atoms with Gasteiger partial charge < -0.3 is 4.90 Å². The molecule has 0 aromatic heterocycles. The standard InChI is InChI=1S/C12H10O2S.C5H9NO/c13-15(14,11-7-3-1-4-8-11)12-9-5-2-6-10-12;1-6-4-2-3-5(6)7/h1-10H;2-4H2,1H3. The molecular formula is C17H19NO3S. The van der Waals surface area contributed by atoms with Crippen molar-refractivity contribution in [2.45, 2.75) is 22.6 Å². The van der Waals surface area contributed by atoms with Crippen LogP contribution in [0.25, 0.3) is 0 Å². The van der Waals surface area contributed by atoms with E-state index in [1.165, 1.54) is 0 Å². The molecular weight excluding hydrogens is 298 g/mol. The molecule has 0 bridgehead atoms. The molecule has 5 heteroatoms. The first-order valence-electron chi connectivity index (χ1n) is 7.11. The van der Waals surface area contributed by atoms with Gasteiger partial charge in [0.25, 0.3) is 0 Å². The van der Waals surface area contributed by atoms with Gasteiger partial charge in [-0.3, -0.25) is 4.79 Å². The number of likely N-dealkylation sites (tertiary alicyclic amines) is 1. The molecule has 2 aromatic rings. The zero-order valence-corrected chi connectivity index (χ0v) is 13.3. The smallest absolute Gasteiger partial charge is 0.222 e. The molecule has 0 N–H and O–H groups in total. The number of carbonyl (C=O) groups is 1. The third-order valence-corrected chi connectivity index (χ3v) is 5.20. The minimum Gasteiger partial charge on any atom is -0.346 e. The van der Waals surface area contributed by atoms with Gasteiger partial charge in [-0.2, -0.15) is 0 Å². The molecule has 2 aromatic carbocycles. The van der Waals surface area contributed by atoms with Crippen LogP contribution in [0.1, 0.15) is 12.8 Å². The molecule has 1 amide bonds. The van der Waals surface area contributed by atoms with E-state index < -0.39 is 9.84 Å². The zero-order chi connectivity index (χ0) is 16.0. The Labute approximate surface area is 131 Å². The number of benzene rings is 2. The Morgan fingerprint density at radius 3 is 1.59 bits per heavy atom. The van der Waals surface area contributed by atoms with Crippen LogP contribution in [-0.2, 0) is 14.6 Å². The Hall–Kier alpha value is -2.14. The fraction of sp³-hybridized carbons (Fsp3) is 0.235. The van der Waals surface area contributed by atoms with Crippen molar-refractivity contribution >= 4 is 15.7 Å². The van der Waals surface area contributed by atoms with E-state index in [1.807, 2.05) is 7.05 Å². The molecule has 4 nitrogen and oxygen atoms in total. The molecule has 0 atom stereocenters. The average molecular weight is 317 g/mol. The highest BCUT2D eigenvalue weighted by atomic mass is 32.2. The molecule has 116 valence electrons. The molecule has 0 spiro atoms. The van der Waals surface area contributed by atoms with Gasteiger partial charge in [0.2, 0.25) is 15.7 Å². The van der Waals surface area contributed by atoms with Crippen molar-refractivity contribution in [1.29, 1.82) is 0 Å². The first kappa shape index (κ1) is 16.2. The van der Waals surface area contributed by atoms with Gasteiger partial charge >= 0.3 is 0 Å². The Morgan fingerprint density at radius 2 is 1.32 bits per heavy atom. The van der Waals surface area contributed by atoms with Crippen LogP contribution in [-0.4, -0.2) is 32.8 Å². The summed E-state index contributed by atoms with van der Waals surface area (Å²) in [5.41, 5.74) is 0. The van der Waals surface area contributed by atoms with Gasteiger partial charge in [-0.05, 0) is 30.7 Å². The van der Waals surface area contributed by atoms with E-state index in [9.17, 15) is 13.2 Å². The lowest BCUT2D eigenvalue weighted by molar-refractivity contribution is -0.126. The number of sulfone groups is 1. The molecule has 1 fully saturated rings.